The Morgan fingerprint density at radius 1 is 1.24 bits per heavy atom. The average molecular weight is 304 g/mol. The first-order valence-electron chi connectivity index (χ1n) is 6.33. The molecular formula is C13H13FN6S. The van der Waals surface area contributed by atoms with Crippen molar-refractivity contribution in [3.05, 3.63) is 52.8 Å². The number of H-pyrrole nitrogens is 1. The highest BCUT2D eigenvalue weighted by Gasteiger charge is 2.11. The van der Waals surface area contributed by atoms with E-state index in [1.807, 2.05) is 11.9 Å². The van der Waals surface area contributed by atoms with Crippen molar-refractivity contribution in [2.75, 3.05) is 11.9 Å². The summed E-state index contributed by atoms with van der Waals surface area (Å²) in [5.74, 6) is 0.538. The van der Waals surface area contributed by atoms with Crippen LogP contribution in [0.1, 0.15) is 16.4 Å². The topological polar surface area (TPSA) is 70.6 Å². The number of rotatable bonds is 5. The van der Waals surface area contributed by atoms with Crippen LogP contribution in [0.3, 0.4) is 0 Å². The molecule has 6 nitrogen and oxygen atoms in total. The highest BCUT2D eigenvalue weighted by Crippen LogP contribution is 2.22. The molecular weight excluding hydrogens is 291 g/mol. The standard InChI is InChI=1S/C13H13FN6S/c1-20(7-11-15-8-16-17-11)13-19-18-12(21-13)6-9-2-4-10(14)5-3-9/h2-5,8H,6-7H2,1H3,(H,15,16,17). The Morgan fingerprint density at radius 3 is 2.76 bits per heavy atom. The molecule has 1 N–H and O–H groups in total. The summed E-state index contributed by atoms with van der Waals surface area (Å²) in [5, 5.41) is 16.7. The molecule has 0 atom stereocenters. The van der Waals surface area contributed by atoms with E-state index in [2.05, 4.69) is 25.4 Å². The molecule has 8 heteroatoms. The van der Waals surface area contributed by atoms with E-state index >= 15 is 0 Å². The minimum absolute atomic E-state index is 0.233. The Hall–Kier alpha value is -2.35. The minimum atomic E-state index is -0.233. The summed E-state index contributed by atoms with van der Waals surface area (Å²) in [4.78, 5) is 6.03. The van der Waals surface area contributed by atoms with Crippen LogP contribution in [0.25, 0.3) is 0 Å². The van der Waals surface area contributed by atoms with Gasteiger partial charge in [0.25, 0.3) is 0 Å². The molecule has 108 valence electrons. The van der Waals surface area contributed by atoms with Crippen molar-refractivity contribution in [2.24, 2.45) is 0 Å². The van der Waals surface area contributed by atoms with Gasteiger partial charge in [0, 0.05) is 13.5 Å². The zero-order valence-electron chi connectivity index (χ0n) is 11.3. The molecule has 0 bridgehead atoms. The fourth-order valence-corrected chi connectivity index (χ4v) is 2.68. The summed E-state index contributed by atoms with van der Waals surface area (Å²) in [5.41, 5.74) is 1.01. The number of nitrogens with one attached hydrogen (secondary N) is 1. The normalized spacial score (nSPS) is 10.8. The number of benzene rings is 1. The summed E-state index contributed by atoms with van der Waals surface area (Å²) in [6.07, 6.45) is 2.12. The van der Waals surface area contributed by atoms with Gasteiger partial charge in [0.2, 0.25) is 5.13 Å². The average Bonchev–Trinajstić information content (AvgIpc) is 3.13. The van der Waals surface area contributed by atoms with E-state index in [0.717, 1.165) is 21.5 Å². The van der Waals surface area contributed by atoms with E-state index in [-0.39, 0.29) is 5.82 Å². The second kappa shape index (κ2) is 5.96. The number of hydrogen-bond acceptors (Lipinski definition) is 6. The van der Waals surface area contributed by atoms with Crippen LogP contribution in [0.5, 0.6) is 0 Å². The van der Waals surface area contributed by atoms with Crippen LogP contribution in [0.15, 0.2) is 30.6 Å². The highest BCUT2D eigenvalue weighted by molar-refractivity contribution is 7.15. The Balaban J connectivity index is 1.66. The van der Waals surface area contributed by atoms with E-state index in [4.69, 9.17) is 0 Å². The number of hydrogen-bond donors (Lipinski definition) is 1. The van der Waals surface area contributed by atoms with E-state index in [1.165, 1.54) is 29.8 Å². The van der Waals surface area contributed by atoms with Gasteiger partial charge in [-0.2, -0.15) is 5.10 Å². The molecule has 0 spiro atoms. The summed E-state index contributed by atoms with van der Waals surface area (Å²) >= 11 is 1.51. The quantitative estimate of drug-likeness (QED) is 0.781. The predicted octanol–water partition coefficient (Wildman–Crippen LogP) is 2.02. The van der Waals surface area contributed by atoms with Gasteiger partial charge < -0.3 is 4.90 Å². The Bertz CT molecular complexity index is 694. The monoisotopic (exact) mass is 304 g/mol. The molecule has 0 saturated carbocycles. The van der Waals surface area contributed by atoms with E-state index in [9.17, 15) is 4.39 Å². The number of aromatic amines is 1. The van der Waals surface area contributed by atoms with Crippen molar-refractivity contribution >= 4 is 16.5 Å². The first-order valence-corrected chi connectivity index (χ1v) is 7.14. The van der Waals surface area contributed by atoms with Crippen molar-refractivity contribution in [2.45, 2.75) is 13.0 Å². The summed E-state index contributed by atoms with van der Waals surface area (Å²) in [7, 11) is 1.92. The lowest BCUT2D eigenvalue weighted by Gasteiger charge is -2.12. The minimum Gasteiger partial charge on any atom is -0.342 e. The zero-order valence-corrected chi connectivity index (χ0v) is 12.1. The molecule has 2 aromatic heterocycles. The van der Waals surface area contributed by atoms with Gasteiger partial charge >= 0.3 is 0 Å². The van der Waals surface area contributed by atoms with Crippen molar-refractivity contribution < 1.29 is 4.39 Å². The van der Waals surface area contributed by atoms with Gasteiger partial charge in [0.05, 0.1) is 6.54 Å². The zero-order chi connectivity index (χ0) is 14.7. The van der Waals surface area contributed by atoms with Crippen LogP contribution < -0.4 is 4.90 Å². The fourth-order valence-electron chi connectivity index (χ4n) is 1.85. The first kappa shape index (κ1) is 13.6. The molecule has 3 rings (SSSR count). The van der Waals surface area contributed by atoms with Crippen molar-refractivity contribution in [1.29, 1.82) is 0 Å². The van der Waals surface area contributed by atoms with Gasteiger partial charge in [0.15, 0.2) is 0 Å². The Kier molecular flexibility index (Phi) is 3.87. The number of anilines is 1. The van der Waals surface area contributed by atoms with Gasteiger partial charge in [-0.25, -0.2) is 9.37 Å². The lowest BCUT2D eigenvalue weighted by molar-refractivity contribution is 0.627. The molecule has 0 amide bonds. The number of nitrogens with zero attached hydrogens (tertiary/aromatic N) is 5. The molecule has 0 radical (unpaired) electrons. The Morgan fingerprint density at radius 2 is 2.05 bits per heavy atom. The smallest absolute Gasteiger partial charge is 0.208 e. The van der Waals surface area contributed by atoms with Gasteiger partial charge in [-0.15, -0.1) is 10.2 Å². The number of aromatic nitrogens is 5. The molecule has 0 unspecified atom stereocenters. The maximum atomic E-state index is 12.9. The molecule has 1 aromatic carbocycles. The van der Waals surface area contributed by atoms with Gasteiger partial charge in [0.1, 0.15) is 23.0 Å². The van der Waals surface area contributed by atoms with Crippen molar-refractivity contribution in [3.63, 3.8) is 0 Å². The third-order valence-electron chi connectivity index (χ3n) is 2.90. The maximum Gasteiger partial charge on any atom is 0.208 e. The SMILES string of the molecule is CN(Cc1ncn[nH]1)c1nnc(Cc2ccc(F)cc2)s1. The largest absolute Gasteiger partial charge is 0.342 e. The van der Waals surface area contributed by atoms with E-state index in [0.29, 0.717) is 13.0 Å². The van der Waals surface area contributed by atoms with Crippen molar-refractivity contribution in [3.8, 4) is 0 Å². The summed E-state index contributed by atoms with van der Waals surface area (Å²) in [6.45, 7) is 0.588. The predicted molar refractivity (Wildman–Crippen MR) is 77.6 cm³/mol. The highest BCUT2D eigenvalue weighted by atomic mass is 32.1. The molecule has 0 aliphatic carbocycles. The van der Waals surface area contributed by atoms with Crippen LogP contribution in [0.4, 0.5) is 9.52 Å². The lowest BCUT2D eigenvalue weighted by atomic mass is 10.2. The molecule has 0 aliphatic heterocycles. The van der Waals surface area contributed by atoms with Crippen LogP contribution >= 0.6 is 11.3 Å². The van der Waals surface area contributed by atoms with E-state index in [1.54, 1.807) is 12.1 Å². The summed E-state index contributed by atoms with van der Waals surface area (Å²) in [6, 6.07) is 6.42. The van der Waals surface area contributed by atoms with Gasteiger partial charge in [-0.3, -0.25) is 5.10 Å². The Labute approximate surface area is 124 Å². The molecule has 21 heavy (non-hydrogen) atoms. The molecule has 0 fully saturated rings. The van der Waals surface area contributed by atoms with Crippen LogP contribution in [-0.4, -0.2) is 32.4 Å². The lowest BCUT2D eigenvalue weighted by Crippen LogP contribution is -2.17. The molecule has 2 heterocycles. The fraction of sp³-hybridized carbons (Fsp3) is 0.231. The summed E-state index contributed by atoms with van der Waals surface area (Å²) < 4.78 is 12.9. The van der Waals surface area contributed by atoms with E-state index < -0.39 is 0 Å². The first-order chi connectivity index (χ1) is 10.2. The second-order valence-corrected chi connectivity index (χ2v) is 5.61. The van der Waals surface area contributed by atoms with Gasteiger partial charge in [-0.1, -0.05) is 23.5 Å². The van der Waals surface area contributed by atoms with Crippen LogP contribution in [0.2, 0.25) is 0 Å². The maximum absolute atomic E-state index is 12.9. The molecule has 0 aliphatic rings. The van der Waals surface area contributed by atoms with Crippen LogP contribution in [0, 0.1) is 5.82 Å². The van der Waals surface area contributed by atoms with Crippen molar-refractivity contribution in [1.82, 2.24) is 25.4 Å². The van der Waals surface area contributed by atoms with Gasteiger partial charge in [-0.05, 0) is 17.7 Å². The molecule has 3 aromatic rings. The third-order valence-corrected chi connectivity index (χ3v) is 3.94. The molecule has 0 saturated heterocycles. The number of halogens is 1. The second-order valence-electron chi connectivity index (χ2n) is 4.57. The third kappa shape index (κ3) is 3.40. The van der Waals surface area contributed by atoms with Crippen LogP contribution in [-0.2, 0) is 13.0 Å².